The largest absolute Gasteiger partial charge is 0.497 e. The van der Waals surface area contributed by atoms with Crippen LogP contribution in [0, 0.1) is 0 Å². The van der Waals surface area contributed by atoms with Crippen molar-refractivity contribution in [2.45, 2.75) is 6.92 Å². The van der Waals surface area contributed by atoms with Gasteiger partial charge in [0, 0.05) is 18.3 Å². The standard InChI is InChI=1S/C12H18N4O2S/c1-3-13-12(19)16-15-11(17)8-14-9-5-4-6-10(7-9)18-2/h4-7,14H,3,8H2,1-2H3,(H,15,17)(H2,13,16,19). The van der Waals surface area contributed by atoms with Crippen molar-refractivity contribution in [3.05, 3.63) is 24.3 Å². The first kappa shape index (κ1) is 15.0. The maximum Gasteiger partial charge on any atom is 0.257 e. The van der Waals surface area contributed by atoms with E-state index in [0.717, 1.165) is 11.4 Å². The number of anilines is 1. The summed E-state index contributed by atoms with van der Waals surface area (Å²) >= 11 is 4.91. The average molecular weight is 282 g/mol. The summed E-state index contributed by atoms with van der Waals surface area (Å²) in [7, 11) is 1.59. The van der Waals surface area contributed by atoms with Gasteiger partial charge in [-0.15, -0.1) is 0 Å². The van der Waals surface area contributed by atoms with Crippen molar-refractivity contribution in [2.24, 2.45) is 0 Å². The fourth-order valence-electron chi connectivity index (χ4n) is 1.29. The Hall–Kier alpha value is -2.02. The van der Waals surface area contributed by atoms with Gasteiger partial charge in [0.1, 0.15) is 5.75 Å². The van der Waals surface area contributed by atoms with Crippen molar-refractivity contribution < 1.29 is 9.53 Å². The van der Waals surface area contributed by atoms with Gasteiger partial charge in [-0.25, -0.2) is 0 Å². The number of hydrogen-bond acceptors (Lipinski definition) is 4. The van der Waals surface area contributed by atoms with Gasteiger partial charge in [0.15, 0.2) is 5.11 Å². The van der Waals surface area contributed by atoms with Crippen LogP contribution in [0.4, 0.5) is 5.69 Å². The van der Waals surface area contributed by atoms with Crippen LogP contribution >= 0.6 is 12.2 Å². The molecule has 0 unspecified atom stereocenters. The highest BCUT2D eigenvalue weighted by atomic mass is 32.1. The van der Waals surface area contributed by atoms with E-state index >= 15 is 0 Å². The maximum absolute atomic E-state index is 11.5. The average Bonchev–Trinajstić information content (AvgIpc) is 2.43. The zero-order chi connectivity index (χ0) is 14.1. The highest BCUT2D eigenvalue weighted by Gasteiger charge is 2.02. The van der Waals surface area contributed by atoms with Crippen molar-refractivity contribution >= 4 is 28.9 Å². The normalized spacial score (nSPS) is 9.37. The summed E-state index contributed by atoms with van der Waals surface area (Å²) in [5.74, 6) is 0.514. The molecule has 0 aliphatic heterocycles. The lowest BCUT2D eigenvalue weighted by atomic mass is 10.3. The molecule has 0 spiro atoms. The molecule has 0 bridgehead atoms. The Bertz CT molecular complexity index is 439. The van der Waals surface area contributed by atoms with Gasteiger partial charge in [-0.05, 0) is 31.3 Å². The summed E-state index contributed by atoms with van der Waals surface area (Å²) < 4.78 is 5.09. The molecule has 1 aromatic carbocycles. The van der Waals surface area contributed by atoms with Gasteiger partial charge in [-0.3, -0.25) is 15.6 Å². The van der Waals surface area contributed by atoms with E-state index in [0.29, 0.717) is 11.7 Å². The molecule has 7 heteroatoms. The minimum Gasteiger partial charge on any atom is -0.497 e. The third kappa shape index (κ3) is 5.91. The zero-order valence-electron chi connectivity index (χ0n) is 10.9. The molecule has 4 N–H and O–H groups in total. The van der Waals surface area contributed by atoms with E-state index in [9.17, 15) is 4.79 Å². The van der Waals surface area contributed by atoms with E-state index in [1.54, 1.807) is 7.11 Å². The number of benzene rings is 1. The smallest absolute Gasteiger partial charge is 0.257 e. The van der Waals surface area contributed by atoms with E-state index in [-0.39, 0.29) is 12.5 Å². The van der Waals surface area contributed by atoms with E-state index in [1.807, 2.05) is 31.2 Å². The van der Waals surface area contributed by atoms with Crippen molar-refractivity contribution in [1.82, 2.24) is 16.2 Å². The predicted octanol–water partition coefficient (Wildman–Crippen LogP) is 0.622. The number of hydrazine groups is 1. The second-order valence-corrected chi connectivity index (χ2v) is 4.03. The molecule has 0 aliphatic rings. The summed E-state index contributed by atoms with van der Waals surface area (Å²) in [5.41, 5.74) is 5.89. The van der Waals surface area contributed by atoms with Crippen molar-refractivity contribution in [2.75, 3.05) is 25.5 Å². The molecule has 0 aromatic heterocycles. The third-order valence-electron chi connectivity index (χ3n) is 2.18. The summed E-state index contributed by atoms with van der Waals surface area (Å²) in [6.45, 7) is 2.75. The molecule has 0 aliphatic carbocycles. The number of methoxy groups -OCH3 is 1. The summed E-state index contributed by atoms with van der Waals surface area (Å²) in [6.07, 6.45) is 0. The Labute approximate surface area is 117 Å². The fourth-order valence-corrected chi connectivity index (χ4v) is 1.49. The first-order valence-corrected chi connectivity index (χ1v) is 6.27. The van der Waals surface area contributed by atoms with Gasteiger partial charge >= 0.3 is 0 Å². The number of carbonyl (C=O) groups is 1. The quantitative estimate of drug-likeness (QED) is 0.469. The van der Waals surface area contributed by atoms with Crippen LogP contribution in [-0.2, 0) is 4.79 Å². The topological polar surface area (TPSA) is 74.4 Å². The molecular formula is C12H18N4O2S. The third-order valence-corrected chi connectivity index (χ3v) is 2.42. The molecule has 0 fully saturated rings. The molecule has 1 amide bonds. The molecule has 0 radical (unpaired) electrons. The Morgan fingerprint density at radius 3 is 2.84 bits per heavy atom. The van der Waals surface area contributed by atoms with Crippen LogP contribution in [0.15, 0.2) is 24.3 Å². The van der Waals surface area contributed by atoms with Crippen LogP contribution in [0.1, 0.15) is 6.92 Å². The fraction of sp³-hybridized carbons (Fsp3) is 0.333. The van der Waals surface area contributed by atoms with Gasteiger partial charge in [-0.2, -0.15) is 0 Å². The van der Waals surface area contributed by atoms with E-state index in [1.165, 1.54) is 0 Å². The second kappa shape index (κ2) is 8.15. The van der Waals surface area contributed by atoms with Gasteiger partial charge in [0.25, 0.3) is 5.91 Å². The van der Waals surface area contributed by atoms with Gasteiger partial charge < -0.3 is 15.4 Å². The molecule has 0 saturated carbocycles. The lowest BCUT2D eigenvalue weighted by Gasteiger charge is -2.11. The van der Waals surface area contributed by atoms with E-state index < -0.39 is 0 Å². The number of nitrogens with one attached hydrogen (secondary N) is 4. The molecule has 1 rings (SSSR count). The highest BCUT2D eigenvalue weighted by Crippen LogP contribution is 2.16. The maximum atomic E-state index is 11.5. The van der Waals surface area contributed by atoms with E-state index in [2.05, 4.69) is 21.5 Å². The molecule has 6 nitrogen and oxygen atoms in total. The first-order valence-electron chi connectivity index (χ1n) is 5.86. The first-order chi connectivity index (χ1) is 9.15. The minimum atomic E-state index is -0.219. The molecular weight excluding hydrogens is 264 g/mol. The van der Waals surface area contributed by atoms with Crippen molar-refractivity contribution in [3.63, 3.8) is 0 Å². The molecule has 104 valence electrons. The second-order valence-electron chi connectivity index (χ2n) is 3.62. The summed E-state index contributed by atoms with van der Waals surface area (Å²) in [5, 5.41) is 6.22. The van der Waals surface area contributed by atoms with Crippen LogP contribution in [0.3, 0.4) is 0 Å². The Balaban J connectivity index is 2.31. The molecule has 0 heterocycles. The van der Waals surface area contributed by atoms with Crippen LogP contribution in [0.25, 0.3) is 0 Å². The number of hydrogen-bond donors (Lipinski definition) is 4. The van der Waals surface area contributed by atoms with E-state index in [4.69, 9.17) is 17.0 Å². The summed E-state index contributed by atoms with van der Waals surface area (Å²) in [6, 6.07) is 7.34. The summed E-state index contributed by atoms with van der Waals surface area (Å²) in [4.78, 5) is 11.5. The number of amides is 1. The van der Waals surface area contributed by atoms with Crippen LogP contribution in [0.2, 0.25) is 0 Å². The molecule has 0 saturated heterocycles. The highest BCUT2D eigenvalue weighted by molar-refractivity contribution is 7.80. The Morgan fingerprint density at radius 1 is 1.37 bits per heavy atom. The minimum absolute atomic E-state index is 0.134. The Morgan fingerprint density at radius 2 is 2.16 bits per heavy atom. The van der Waals surface area contributed by atoms with Crippen molar-refractivity contribution in [1.29, 1.82) is 0 Å². The van der Waals surface area contributed by atoms with Gasteiger partial charge in [0.05, 0.1) is 13.7 Å². The number of ether oxygens (including phenoxy) is 1. The van der Waals surface area contributed by atoms with Crippen LogP contribution < -0.4 is 26.2 Å². The molecule has 1 aromatic rings. The zero-order valence-corrected chi connectivity index (χ0v) is 11.8. The van der Waals surface area contributed by atoms with Gasteiger partial charge in [0.2, 0.25) is 0 Å². The lowest BCUT2D eigenvalue weighted by molar-refractivity contribution is -0.119. The van der Waals surface area contributed by atoms with Crippen LogP contribution in [0.5, 0.6) is 5.75 Å². The molecule has 19 heavy (non-hydrogen) atoms. The number of rotatable bonds is 5. The predicted molar refractivity (Wildman–Crippen MR) is 79.0 cm³/mol. The van der Waals surface area contributed by atoms with Gasteiger partial charge in [-0.1, -0.05) is 6.07 Å². The number of carbonyl (C=O) groups excluding carboxylic acids is 1. The monoisotopic (exact) mass is 282 g/mol. The number of thiocarbonyl (C=S) groups is 1. The SMILES string of the molecule is CCNC(=S)NNC(=O)CNc1cccc(OC)c1. The lowest BCUT2D eigenvalue weighted by Crippen LogP contribution is -2.48. The Kier molecular flexibility index (Phi) is 6.45. The van der Waals surface area contributed by atoms with Crippen molar-refractivity contribution in [3.8, 4) is 5.75 Å². The van der Waals surface area contributed by atoms with Crippen LogP contribution in [-0.4, -0.2) is 31.2 Å². The molecule has 0 atom stereocenters.